The summed E-state index contributed by atoms with van der Waals surface area (Å²) in [5.41, 5.74) is 6.66. The van der Waals surface area contributed by atoms with Gasteiger partial charge in [0.1, 0.15) is 0 Å². The van der Waals surface area contributed by atoms with E-state index in [0.717, 1.165) is 31.6 Å². The van der Waals surface area contributed by atoms with E-state index >= 15 is 0 Å². The average Bonchev–Trinajstić information content (AvgIpc) is 2.55. The molecule has 0 bridgehead atoms. The number of hydrogen-bond donors (Lipinski definition) is 2. The van der Waals surface area contributed by atoms with E-state index in [9.17, 15) is 13.2 Å². The summed E-state index contributed by atoms with van der Waals surface area (Å²) in [4.78, 5) is 14.4. The van der Waals surface area contributed by atoms with Crippen molar-refractivity contribution in [2.75, 3.05) is 23.7 Å². The number of nitrogens with two attached hydrogens (primary N) is 1. The highest BCUT2D eigenvalue weighted by atomic mass is 32.2. The molecule has 0 aromatic heterocycles. The molecule has 1 atom stereocenters. The number of piperidine rings is 1. The largest absolute Gasteiger partial charge is 0.371 e. The summed E-state index contributed by atoms with van der Waals surface area (Å²) in [7, 11) is -3.15. The van der Waals surface area contributed by atoms with Crippen LogP contribution in [0.4, 0.5) is 5.69 Å². The van der Waals surface area contributed by atoms with Gasteiger partial charge in [0.05, 0.1) is 10.6 Å². The summed E-state index contributed by atoms with van der Waals surface area (Å²) < 4.78 is 23.7. The van der Waals surface area contributed by atoms with Gasteiger partial charge in [-0.05, 0) is 44.0 Å². The van der Waals surface area contributed by atoms with E-state index in [4.69, 9.17) is 5.73 Å². The van der Waals surface area contributed by atoms with Crippen LogP contribution in [0.2, 0.25) is 0 Å². The van der Waals surface area contributed by atoms with Crippen LogP contribution in [-0.2, 0) is 14.6 Å². The van der Waals surface area contributed by atoms with Gasteiger partial charge in [-0.2, -0.15) is 0 Å². The third-order valence-electron chi connectivity index (χ3n) is 4.31. The molecule has 1 unspecified atom stereocenters. The van der Waals surface area contributed by atoms with Crippen molar-refractivity contribution in [2.45, 2.75) is 50.1 Å². The van der Waals surface area contributed by atoms with Crippen molar-refractivity contribution in [1.82, 2.24) is 5.32 Å². The van der Waals surface area contributed by atoms with Crippen LogP contribution in [0.1, 0.15) is 33.1 Å². The van der Waals surface area contributed by atoms with Crippen LogP contribution in [0, 0.1) is 0 Å². The minimum absolute atomic E-state index is 0.0116. The molecule has 2 rings (SSSR count). The van der Waals surface area contributed by atoms with Gasteiger partial charge in [-0.15, -0.1) is 0 Å². The summed E-state index contributed by atoms with van der Waals surface area (Å²) in [6, 6.07) is 7.13. The highest BCUT2D eigenvalue weighted by molar-refractivity contribution is 7.91. The van der Waals surface area contributed by atoms with Crippen molar-refractivity contribution < 1.29 is 13.2 Å². The van der Waals surface area contributed by atoms with E-state index in [0.29, 0.717) is 11.3 Å². The molecule has 1 heterocycles. The predicted molar refractivity (Wildman–Crippen MR) is 95.8 cm³/mol. The molecule has 1 amide bonds. The van der Waals surface area contributed by atoms with Gasteiger partial charge < -0.3 is 16.0 Å². The second-order valence-corrected chi connectivity index (χ2v) is 8.69. The monoisotopic (exact) mass is 353 g/mol. The Morgan fingerprint density at radius 3 is 2.38 bits per heavy atom. The van der Waals surface area contributed by atoms with Crippen LogP contribution < -0.4 is 16.0 Å². The summed E-state index contributed by atoms with van der Waals surface area (Å²) in [6.45, 7) is 5.14. The molecule has 1 aliphatic heterocycles. The van der Waals surface area contributed by atoms with Crippen LogP contribution >= 0.6 is 0 Å². The van der Waals surface area contributed by atoms with Crippen molar-refractivity contribution in [1.29, 1.82) is 0 Å². The Hall–Kier alpha value is -1.60. The molecule has 1 aromatic rings. The molecule has 1 aliphatic rings. The van der Waals surface area contributed by atoms with E-state index in [2.05, 4.69) is 10.2 Å². The Morgan fingerprint density at radius 2 is 1.88 bits per heavy atom. The van der Waals surface area contributed by atoms with Crippen LogP contribution in [0.3, 0.4) is 0 Å². The molecule has 0 spiro atoms. The zero-order chi connectivity index (χ0) is 17.7. The smallest absolute Gasteiger partial charge is 0.221 e. The lowest BCUT2D eigenvalue weighted by Crippen LogP contribution is -2.45. The fraction of sp³-hybridized carbons (Fsp3) is 0.588. The third-order valence-corrected chi connectivity index (χ3v) is 6.06. The van der Waals surface area contributed by atoms with Crippen LogP contribution in [0.25, 0.3) is 0 Å². The van der Waals surface area contributed by atoms with E-state index in [1.165, 1.54) is 0 Å². The summed E-state index contributed by atoms with van der Waals surface area (Å²) in [6.07, 6.45) is 2.10. The van der Waals surface area contributed by atoms with Gasteiger partial charge in [0.15, 0.2) is 9.84 Å². The predicted octanol–water partition coefficient (Wildman–Crippen LogP) is 1.30. The van der Waals surface area contributed by atoms with Crippen molar-refractivity contribution >= 4 is 21.4 Å². The summed E-state index contributed by atoms with van der Waals surface area (Å²) >= 11 is 0. The fourth-order valence-corrected chi connectivity index (χ4v) is 3.78. The number of rotatable bonds is 6. The number of carbonyl (C=O) groups is 1. The van der Waals surface area contributed by atoms with Crippen molar-refractivity contribution in [3.05, 3.63) is 24.3 Å². The molecule has 7 heteroatoms. The number of nitrogens with zero attached hydrogens (tertiary/aromatic N) is 1. The molecule has 1 fully saturated rings. The number of hydrogen-bond acceptors (Lipinski definition) is 5. The Balaban J connectivity index is 1.89. The summed E-state index contributed by atoms with van der Waals surface area (Å²) in [5.74, 6) is 0.122. The molecule has 6 nitrogen and oxygen atoms in total. The number of amides is 1. The first-order chi connectivity index (χ1) is 11.3. The van der Waals surface area contributed by atoms with Gasteiger partial charge in [-0.25, -0.2) is 8.42 Å². The first-order valence-electron chi connectivity index (χ1n) is 8.44. The maximum Gasteiger partial charge on any atom is 0.221 e. The minimum atomic E-state index is -3.15. The molecular weight excluding hydrogens is 326 g/mol. The lowest BCUT2D eigenvalue weighted by atomic mass is 10.0. The second kappa shape index (κ2) is 7.98. The van der Waals surface area contributed by atoms with Gasteiger partial charge in [0.25, 0.3) is 0 Å². The van der Waals surface area contributed by atoms with Crippen molar-refractivity contribution in [3.8, 4) is 0 Å². The standard InChI is InChI=1S/C17H27N3O3S/c1-3-24(22,23)16-6-4-15(5-7-16)20-10-8-14(9-11-20)19-17(21)12-13(2)18/h4-7,13-14H,3,8-12,18H2,1-2H3,(H,19,21). The fourth-order valence-electron chi connectivity index (χ4n) is 2.89. The second-order valence-electron chi connectivity index (χ2n) is 6.41. The quantitative estimate of drug-likeness (QED) is 0.804. The lowest BCUT2D eigenvalue weighted by molar-refractivity contribution is -0.122. The molecule has 134 valence electrons. The lowest BCUT2D eigenvalue weighted by Gasteiger charge is -2.34. The maximum absolute atomic E-state index is 11.8. The van der Waals surface area contributed by atoms with Crippen LogP contribution in [0.5, 0.6) is 0 Å². The number of anilines is 1. The van der Waals surface area contributed by atoms with E-state index < -0.39 is 9.84 Å². The zero-order valence-corrected chi connectivity index (χ0v) is 15.2. The third kappa shape index (κ3) is 4.95. The average molecular weight is 353 g/mol. The van der Waals surface area contributed by atoms with Crippen molar-refractivity contribution in [3.63, 3.8) is 0 Å². The topological polar surface area (TPSA) is 92.5 Å². The molecule has 24 heavy (non-hydrogen) atoms. The molecule has 3 N–H and O–H groups in total. The molecule has 0 aliphatic carbocycles. The van der Waals surface area contributed by atoms with Crippen LogP contribution in [0.15, 0.2) is 29.2 Å². The summed E-state index contributed by atoms with van der Waals surface area (Å²) in [5, 5.41) is 3.03. The zero-order valence-electron chi connectivity index (χ0n) is 14.4. The highest BCUT2D eigenvalue weighted by Crippen LogP contribution is 2.22. The first-order valence-corrected chi connectivity index (χ1v) is 10.1. The SMILES string of the molecule is CCS(=O)(=O)c1ccc(N2CCC(NC(=O)CC(C)N)CC2)cc1. The van der Waals surface area contributed by atoms with Gasteiger partial charge in [0, 0.05) is 37.3 Å². The van der Waals surface area contributed by atoms with Gasteiger partial charge in [-0.3, -0.25) is 4.79 Å². The Kier molecular flexibility index (Phi) is 6.23. The van der Waals surface area contributed by atoms with Gasteiger partial charge in [-0.1, -0.05) is 6.92 Å². The maximum atomic E-state index is 11.8. The Labute approximate surface area is 144 Å². The molecule has 1 saturated heterocycles. The number of nitrogens with one attached hydrogen (secondary N) is 1. The Bertz CT molecular complexity index is 648. The molecule has 1 aromatic carbocycles. The number of sulfone groups is 1. The molecule has 0 radical (unpaired) electrons. The van der Waals surface area contributed by atoms with Crippen LogP contribution in [-0.4, -0.2) is 45.3 Å². The van der Waals surface area contributed by atoms with Crippen molar-refractivity contribution in [2.24, 2.45) is 5.73 Å². The first kappa shape index (κ1) is 18.7. The molecule has 0 saturated carbocycles. The normalized spacial score (nSPS) is 17.5. The van der Waals surface area contributed by atoms with E-state index in [1.807, 2.05) is 19.1 Å². The minimum Gasteiger partial charge on any atom is -0.371 e. The highest BCUT2D eigenvalue weighted by Gasteiger charge is 2.21. The van der Waals surface area contributed by atoms with Gasteiger partial charge >= 0.3 is 0 Å². The number of benzene rings is 1. The van der Waals surface area contributed by atoms with Gasteiger partial charge in [0.2, 0.25) is 5.91 Å². The number of carbonyl (C=O) groups excluding carboxylic acids is 1. The van der Waals surface area contributed by atoms with E-state index in [-0.39, 0.29) is 23.7 Å². The van der Waals surface area contributed by atoms with E-state index in [1.54, 1.807) is 19.1 Å². The molecular formula is C17H27N3O3S. The Morgan fingerprint density at radius 1 is 1.29 bits per heavy atom.